The topological polar surface area (TPSA) is 111 Å². The quantitative estimate of drug-likeness (QED) is 0.384. The van der Waals surface area contributed by atoms with E-state index < -0.39 is 6.10 Å². The lowest BCUT2D eigenvalue weighted by Gasteiger charge is -2.34. The van der Waals surface area contributed by atoms with Crippen LogP contribution in [-0.4, -0.2) is 71.6 Å². The van der Waals surface area contributed by atoms with Crippen LogP contribution in [0.25, 0.3) is 0 Å². The zero-order chi connectivity index (χ0) is 29.4. The predicted octanol–water partition coefficient (Wildman–Crippen LogP) is 4.18. The summed E-state index contributed by atoms with van der Waals surface area (Å²) in [5, 5.41) is 15.7. The van der Waals surface area contributed by atoms with Crippen LogP contribution in [0.4, 0.5) is 16.2 Å². The number of carbonyl (C=O) groups excluding carboxylic acids is 3. The summed E-state index contributed by atoms with van der Waals surface area (Å²) in [4.78, 5) is 42.3. The first-order chi connectivity index (χ1) is 19.7. The molecule has 0 saturated carbocycles. The van der Waals surface area contributed by atoms with Crippen LogP contribution in [0.15, 0.2) is 78.9 Å². The van der Waals surface area contributed by atoms with Gasteiger partial charge in [-0.05, 0) is 42.8 Å². The highest BCUT2D eigenvalue weighted by Crippen LogP contribution is 2.29. The van der Waals surface area contributed by atoms with Crippen LogP contribution in [0.1, 0.15) is 25.0 Å². The second-order valence-electron chi connectivity index (χ2n) is 10.6. The molecule has 0 radical (unpaired) electrons. The van der Waals surface area contributed by atoms with Crippen molar-refractivity contribution in [1.82, 2.24) is 9.80 Å². The van der Waals surface area contributed by atoms with Crippen LogP contribution < -0.4 is 15.4 Å². The molecule has 4 amide bonds. The average molecular weight is 559 g/mol. The highest BCUT2D eigenvalue weighted by atomic mass is 16.5. The van der Waals surface area contributed by atoms with E-state index in [-0.39, 0.29) is 55.8 Å². The van der Waals surface area contributed by atoms with E-state index in [1.165, 1.54) is 0 Å². The number of hydrogen-bond donors (Lipinski definition) is 3. The third-order valence-corrected chi connectivity index (χ3v) is 7.23. The van der Waals surface area contributed by atoms with Gasteiger partial charge in [0.1, 0.15) is 11.9 Å². The van der Waals surface area contributed by atoms with Crippen molar-refractivity contribution in [1.29, 1.82) is 0 Å². The number of aliphatic hydroxyl groups is 1. The largest absolute Gasteiger partial charge is 0.488 e. The zero-order valence-corrected chi connectivity index (χ0v) is 23.7. The Morgan fingerprint density at radius 1 is 1.02 bits per heavy atom. The van der Waals surface area contributed by atoms with Gasteiger partial charge in [-0.2, -0.15) is 0 Å². The van der Waals surface area contributed by atoms with Gasteiger partial charge in [-0.3, -0.25) is 9.59 Å². The van der Waals surface area contributed by atoms with Crippen molar-refractivity contribution in [2.75, 3.05) is 37.4 Å². The van der Waals surface area contributed by atoms with Crippen LogP contribution in [0, 0.1) is 5.92 Å². The summed E-state index contributed by atoms with van der Waals surface area (Å²) in [6, 6.07) is 23.3. The molecular weight excluding hydrogens is 520 g/mol. The highest BCUT2D eigenvalue weighted by Gasteiger charge is 2.32. The Bertz CT molecular complexity index is 1330. The van der Waals surface area contributed by atoms with E-state index in [0.29, 0.717) is 29.2 Å². The lowest BCUT2D eigenvalue weighted by Crippen LogP contribution is -2.48. The number of para-hydroxylation sites is 1. The SMILES string of the molecule is C[C@@H]1CN([C@@H](C)CO)C(=O)Cc2cc(NC(=O)Cc3ccccc3)ccc2O[C@H]1CN(C)C(=O)Nc1ccccc1. The number of urea groups is 1. The third kappa shape index (κ3) is 8.08. The van der Waals surface area contributed by atoms with E-state index in [1.54, 1.807) is 42.0 Å². The number of aliphatic hydroxyl groups excluding tert-OH is 1. The molecule has 0 fully saturated rings. The van der Waals surface area contributed by atoms with E-state index in [1.807, 2.05) is 67.6 Å². The molecule has 3 atom stereocenters. The standard InChI is InChI=1S/C32H38N4O5/c1-22-19-36(23(2)21-37)31(39)18-25-17-27(33-30(38)16-24-10-6-4-7-11-24)14-15-28(25)41-29(22)20-35(3)32(40)34-26-12-8-5-9-13-26/h4-15,17,22-23,29,37H,16,18-21H2,1-3H3,(H,33,38)(H,34,40)/t22-,23+,29+/m1/s1. The molecule has 3 aromatic rings. The van der Waals surface area contributed by atoms with Crippen LogP contribution >= 0.6 is 0 Å². The molecule has 1 aliphatic rings. The lowest BCUT2D eigenvalue weighted by atomic mass is 10.0. The highest BCUT2D eigenvalue weighted by molar-refractivity contribution is 5.93. The van der Waals surface area contributed by atoms with Gasteiger partial charge in [-0.15, -0.1) is 0 Å². The number of anilines is 2. The van der Waals surface area contributed by atoms with E-state index in [2.05, 4.69) is 10.6 Å². The molecule has 0 unspecified atom stereocenters. The molecular formula is C32H38N4O5. The number of nitrogens with zero attached hydrogens (tertiary/aromatic N) is 2. The molecule has 0 saturated heterocycles. The third-order valence-electron chi connectivity index (χ3n) is 7.23. The van der Waals surface area contributed by atoms with Crippen molar-refractivity contribution in [3.8, 4) is 5.75 Å². The number of rotatable bonds is 8. The number of amides is 4. The minimum absolute atomic E-state index is 0.0475. The summed E-state index contributed by atoms with van der Waals surface area (Å²) in [5.74, 6) is 0.0501. The number of ether oxygens (including phenoxy) is 1. The first kappa shape index (κ1) is 29.6. The van der Waals surface area contributed by atoms with Crippen molar-refractivity contribution < 1.29 is 24.2 Å². The summed E-state index contributed by atoms with van der Waals surface area (Å²) in [6.45, 7) is 4.23. The Morgan fingerprint density at radius 2 is 1.71 bits per heavy atom. The number of nitrogens with one attached hydrogen (secondary N) is 2. The molecule has 0 aliphatic carbocycles. The Labute approximate surface area is 241 Å². The van der Waals surface area contributed by atoms with Crippen molar-refractivity contribution in [3.63, 3.8) is 0 Å². The first-order valence-electron chi connectivity index (χ1n) is 13.8. The Kier molecular flexibility index (Phi) is 9.97. The second kappa shape index (κ2) is 13.8. The lowest BCUT2D eigenvalue weighted by molar-refractivity contribution is -0.134. The molecule has 0 bridgehead atoms. The molecule has 1 aliphatic heterocycles. The van der Waals surface area contributed by atoms with Crippen molar-refractivity contribution in [2.24, 2.45) is 5.92 Å². The molecule has 4 rings (SSSR count). The number of carbonyl (C=O) groups is 3. The van der Waals surface area contributed by atoms with Gasteiger partial charge >= 0.3 is 6.03 Å². The Hall–Kier alpha value is -4.37. The maximum Gasteiger partial charge on any atom is 0.321 e. The van der Waals surface area contributed by atoms with Gasteiger partial charge in [-0.25, -0.2) is 4.79 Å². The molecule has 216 valence electrons. The van der Waals surface area contributed by atoms with E-state index in [0.717, 1.165) is 5.56 Å². The molecule has 9 heteroatoms. The number of hydrogen-bond acceptors (Lipinski definition) is 5. The zero-order valence-electron chi connectivity index (χ0n) is 23.7. The molecule has 9 nitrogen and oxygen atoms in total. The average Bonchev–Trinajstić information content (AvgIpc) is 3.01. The predicted molar refractivity (Wildman–Crippen MR) is 159 cm³/mol. The van der Waals surface area contributed by atoms with Gasteiger partial charge in [0, 0.05) is 36.4 Å². The van der Waals surface area contributed by atoms with Gasteiger partial charge in [0.15, 0.2) is 0 Å². The minimum Gasteiger partial charge on any atom is -0.488 e. The van der Waals surface area contributed by atoms with Gasteiger partial charge < -0.3 is 30.3 Å². The normalized spacial score (nSPS) is 17.7. The van der Waals surface area contributed by atoms with Gasteiger partial charge in [-0.1, -0.05) is 55.5 Å². The summed E-state index contributed by atoms with van der Waals surface area (Å²) in [6.07, 6.45) is -0.170. The summed E-state index contributed by atoms with van der Waals surface area (Å²) >= 11 is 0. The Morgan fingerprint density at radius 3 is 2.39 bits per heavy atom. The van der Waals surface area contributed by atoms with Crippen molar-refractivity contribution in [3.05, 3.63) is 90.0 Å². The van der Waals surface area contributed by atoms with Crippen LogP contribution in [0.2, 0.25) is 0 Å². The van der Waals surface area contributed by atoms with E-state index in [9.17, 15) is 19.5 Å². The smallest absolute Gasteiger partial charge is 0.321 e. The fraction of sp³-hybridized carbons (Fsp3) is 0.344. The van der Waals surface area contributed by atoms with Crippen LogP contribution in [0.3, 0.4) is 0 Å². The maximum atomic E-state index is 13.4. The fourth-order valence-corrected chi connectivity index (χ4v) is 4.80. The fourth-order valence-electron chi connectivity index (χ4n) is 4.80. The van der Waals surface area contributed by atoms with E-state index in [4.69, 9.17) is 4.74 Å². The maximum absolute atomic E-state index is 13.4. The monoisotopic (exact) mass is 558 g/mol. The Balaban J connectivity index is 1.56. The van der Waals surface area contributed by atoms with Gasteiger partial charge in [0.2, 0.25) is 11.8 Å². The number of likely N-dealkylation sites (N-methyl/N-ethyl adjacent to an activating group) is 1. The second-order valence-corrected chi connectivity index (χ2v) is 10.6. The first-order valence-corrected chi connectivity index (χ1v) is 13.8. The molecule has 1 heterocycles. The van der Waals surface area contributed by atoms with E-state index >= 15 is 0 Å². The number of benzene rings is 3. The van der Waals surface area contributed by atoms with Crippen molar-refractivity contribution >= 4 is 29.2 Å². The molecule has 41 heavy (non-hydrogen) atoms. The minimum atomic E-state index is -0.446. The van der Waals surface area contributed by atoms with Crippen molar-refractivity contribution in [2.45, 2.75) is 38.8 Å². The molecule has 3 N–H and O–H groups in total. The van der Waals surface area contributed by atoms with Crippen LogP contribution in [-0.2, 0) is 22.4 Å². The summed E-state index contributed by atoms with van der Waals surface area (Å²) in [5.41, 5.74) is 2.77. The molecule has 3 aromatic carbocycles. The molecule has 0 spiro atoms. The van der Waals surface area contributed by atoms with Gasteiger partial charge in [0.05, 0.1) is 32.0 Å². The summed E-state index contributed by atoms with van der Waals surface area (Å²) in [7, 11) is 1.70. The molecule has 0 aromatic heterocycles. The van der Waals surface area contributed by atoms with Gasteiger partial charge in [0.25, 0.3) is 0 Å². The summed E-state index contributed by atoms with van der Waals surface area (Å²) < 4.78 is 6.49. The number of fused-ring (bicyclic) bond motifs is 1. The van der Waals surface area contributed by atoms with Crippen LogP contribution in [0.5, 0.6) is 5.75 Å².